The normalized spacial score (nSPS) is 13.4. The third-order valence-corrected chi connectivity index (χ3v) is 4.16. The molecule has 140 valence electrons. The van der Waals surface area contributed by atoms with Gasteiger partial charge >= 0.3 is 5.97 Å². The molecule has 1 aromatic carbocycles. The fraction of sp³-hybridized carbons (Fsp3) is 0.389. The number of aromatic amines is 1. The summed E-state index contributed by atoms with van der Waals surface area (Å²) in [5.41, 5.74) is 3.09. The van der Waals surface area contributed by atoms with Gasteiger partial charge in [0.25, 0.3) is 5.91 Å². The monoisotopic (exact) mass is 361 g/mol. The number of carboxylic acid groups (broad SMARTS) is 1. The van der Waals surface area contributed by atoms with Crippen LogP contribution >= 0.6 is 0 Å². The highest BCUT2D eigenvalue weighted by Gasteiger charge is 2.31. The van der Waals surface area contributed by atoms with E-state index in [1.807, 2.05) is 38.1 Å². The fourth-order valence-corrected chi connectivity index (χ4v) is 2.88. The maximum Gasteiger partial charge on any atom is 0.326 e. The first-order valence-corrected chi connectivity index (χ1v) is 8.35. The van der Waals surface area contributed by atoms with Crippen molar-refractivity contribution in [3.05, 3.63) is 36.0 Å². The lowest BCUT2D eigenvalue weighted by atomic mass is 9.95. The Labute approximate surface area is 150 Å². The molecule has 0 radical (unpaired) electrons. The van der Waals surface area contributed by atoms with Crippen LogP contribution in [0.4, 0.5) is 0 Å². The Kier molecular flexibility index (Phi) is 6.35. The molecule has 0 fully saturated rings. The van der Waals surface area contributed by atoms with Gasteiger partial charge < -0.3 is 15.4 Å². The zero-order valence-electron chi connectivity index (χ0n) is 14.7. The van der Waals surface area contributed by atoms with Crippen LogP contribution in [0.3, 0.4) is 0 Å². The van der Waals surface area contributed by atoms with Crippen molar-refractivity contribution in [3.8, 4) is 0 Å². The third kappa shape index (κ3) is 4.60. The zero-order chi connectivity index (χ0) is 19.3. The van der Waals surface area contributed by atoms with Crippen molar-refractivity contribution in [3.63, 3.8) is 0 Å². The number of carbonyl (C=O) groups is 3. The number of hydrogen-bond acceptors (Lipinski definition) is 4. The molecular formula is C18H23N3O5. The Bertz CT molecular complexity index is 799. The topological polar surface area (TPSA) is 132 Å². The molecule has 0 aliphatic rings. The molecule has 2 atom stereocenters. The molecule has 26 heavy (non-hydrogen) atoms. The molecule has 0 saturated carbocycles. The van der Waals surface area contributed by atoms with E-state index in [0.29, 0.717) is 0 Å². The van der Waals surface area contributed by atoms with Crippen LogP contribution in [-0.2, 0) is 20.8 Å². The molecule has 2 amide bonds. The third-order valence-electron chi connectivity index (χ3n) is 4.16. The average Bonchev–Trinajstić information content (AvgIpc) is 3.01. The van der Waals surface area contributed by atoms with E-state index in [9.17, 15) is 19.5 Å². The molecule has 1 heterocycles. The van der Waals surface area contributed by atoms with Crippen LogP contribution in [0, 0.1) is 11.8 Å². The second-order valence-corrected chi connectivity index (χ2v) is 6.62. The Morgan fingerprint density at radius 2 is 1.85 bits per heavy atom. The van der Waals surface area contributed by atoms with Crippen molar-refractivity contribution in [2.45, 2.75) is 32.7 Å². The lowest BCUT2D eigenvalue weighted by Gasteiger charge is -2.20. The van der Waals surface area contributed by atoms with E-state index in [0.717, 1.165) is 16.5 Å². The number of hydroxylamine groups is 1. The number of rotatable bonds is 8. The molecule has 0 saturated heterocycles. The number of H-pyrrole nitrogens is 1. The SMILES string of the molecule is CC(C)CC(C(=O)NO)C(=O)N[C@@H](Cc1c[nH]c2ccccc12)C(=O)O. The highest BCUT2D eigenvalue weighted by Crippen LogP contribution is 2.20. The van der Waals surface area contributed by atoms with Crippen LogP contribution in [0.2, 0.25) is 0 Å². The van der Waals surface area contributed by atoms with Gasteiger partial charge in [-0.15, -0.1) is 0 Å². The lowest BCUT2D eigenvalue weighted by molar-refractivity contribution is -0.146. The summed E-state index contributed by atoms with van der Waals surface area (Å²) in [5.74, 6) is -3.92. The van der Waals surface area contributed by atoms with Gasteiger partial charge in [0.05, 0.1) is 0 Å². The van der Waals surface area contributed by atoms with Crippen molar-refractivity contribution in [1.29, 1.82) is 0 Å². The Balaban J connectivity index is 2.17. The van der Waals surface area contributed by atoms with Gasteiger partial charge in [0.15, 0.2) is 0 Å². The van der Waals surface area contributed by atoms with Gasteiger partial charge in [-0.1, -0.05) is 32.0 Å². The van der Waals surface area contributed by atoms with Gasteiger partial charge in [-0.05, 0) is 24.0 Å². The van der Waals surface area contributed by atoms with Crippen molar-refractivity contribution >= 4 is 28.7 Å². The maximum absolute atomic E-state index is 12.4. The second-order valence-electron chi connectivity index (χ2n) is 6.62. The van der Waals surface area contributed by atoms with Crippen LogP contribution in [-0.4, -0.2) is 39.1 Å². The first kappa shape index (κ1) is 19.5. The van der Waals surface area contributed by atoms with Gasteiger partial charge in [0, 0.05) is 23.5 Å². The smallest absolute Gasteiger partial charge is 0.326 e. The summed E-state index contributed by atoms with van der Waals surface area (Å²) in [7, 11) is 0. The summed E-state index contributed by atoms with van der Waals surface area (Å²) in [6, 6.07) is 6.25. The number of hydrogen-bond donors (Lipinski definition) is 5. The molecule has 0 spiro atoms. The summed E-state index contributed by atoms with van der Waals surface area (Å²) in [6.07, 6.45) is 1.97. The fourth-order valence-electron chi connectivity index (χ4n) is 2.88. The van der Waals surface area contributed by atoms with Crippen LogP contribution in [0.1, 0.15) is 25.8 Å². The van der Waals surface area contributed by atoms with Crippen LogP contribution < -0.4 is 10.8 Å². The first-order chi connectivity index (χ1) is 12.3. The molecule has 2 aromatic rings. The van der Waals surface area contributed by atoms with E-state index >= 15 is 0 Å². The minimum absolute atomic E-state index is 0.0138. The predicted molar refractivity (Wildman–Crippen MR) is 94.4 cm³/mol. The molecule has 5 N–H and O–H groups in total. The van der Waals surface area contributed by atoms with Crippen LogP contribution in [0.25, 0.3) is 10.9 Å². The average molecular weight is 361 g/mol. The number of aromatic nitrogens is 1. The summed E-state index contributed by atoms with van der Waals surface area (Å²) < 4.78 is 0. The molecule has 8 heteroatoms. The largest absolute Gasteiger partial charge is 0.480 e. The van der Waals surface area contributed by atoms with Crippen molar-refractivity contribution in [1.82, 2.24) is 15.8 Å². The maximum atomic E-state index is 12.4. The Morgan fingerprint density at radius 3 is 2.46 bits per heavy atom. The number of benzene rings is 1. The molecule has 2 rings (SSSR count). The van der Waals surface area contributed by atoms with Crippen molar-refractivity contribution in [2.75, 3.05) is 0 Å². The number of aliphatic carboxylic acids is 1. The van der Waals surface area contributed by atoms with Crippen LogP contribution in [0.15, 0.2) is 30.5 Å². The number of para-hydroxylation sites is 1. The van der Waals surface area contributed by atoms with Crippen molar-refractivity contribution < 1.29 is 24.7 Å². The molecule has 0 aliphatic carbocycles. The summed E-state index contributed by atoms with van der Waals surface area (Å²) in [4.78, 5) is 38.9. The highest BCUT2D eigenvalue weighted by atomic mass is 16.5. The number of carbonyl (C=O) groups excluding carboxylic acids is 2. The minimum atomic E-state index is -1.20. The Morgan fingerprint density at radius 1 is 1.15 bits per heavy atom. The number of fused-ring (bicyclic) bond motifs is 1. The van der Waals surface area contributed by atoms with E-state index < -0.39 is 29.7 Å². The quantitative estimate of drug-likeness (QED) is 0.276. The standard InChI is InChI=1S/C18H23N3O5/c1-10(2)7-13(17(23)21-26)16(22)20-15(18(24)25)8-11-9-19-14-6-4-3-5-12(11)14/h3-6,9-10,13,15,19,26H,7-8H2,1-2H3,(H,20,22)(H,21,23)(H,24,25)/t13?,15-/m0/s1. The highest BCUT2D eigenvalue weighted by molar-refractivity contribution is 6.01. The summed E-state index contributed by atoms with van der Waals surface area (Å²) in [5, 5.41) is 21.6. The second kappa shape index (κ2) is 8.48. The Hall–Kier alpha value is -2.87. The van der Waals surface area contributed by atoms with Gasteiger partial charge in [0.2, 0.25) is 5.91 Å². The van der Waals surface area contributed by atoms with E-state index in [4.69, 9.17) is 5.21 Å². The van der Waals surface area contributed by atoms with Gasteiger partial charge in [-0.2, -0.15) is 0 Å². The van der Waals surface area contributed by atoms with Crippen LogP contribution in [0.5, 0.6) is 0 Å². The molecule has 0 bridgehead atoms. The lowest BCUT2D eigenvalue weighted by Crippen LogP contribution is -2.48. The summed E-state index contributed by atoms with van der Waals surface area (Å²) >= 11 is 0. The van der Waals surface area contributed by atoms with E-state index in [2.05, 4.69) is 10.3 Å². The summed E-state index contributed by atoms with van der Waals surface area (Å²) in [6.45, 7) is 3.65. The predicted octanol–water partition coefficient (Wildman–Crippen LogP) is 1.45. The first-order valence-electron chi connectivity index (χ1n) is 8.35. The minimum Gasteiger partial charge on any atom is -0.480 e. The molecule has 1 aromatic heterocycles. The van der Waals surface area contributed by atoms with Gasteiger partial charge in [-0.3, -0.25) is 14.8 Å². The molecular weight excluding hydrogens is 338 g/mol. The molecule has 1 unspecified atom stereocenters. The molecule has 8 nitrogen and oxygen atoms in total. The number of carboxylic acids is 1. The van der Waals surface area contributed by atoms with E-state index in [-0.39, 0.29) is 18.8 Å². The van der Waals surface area contributed by atoms with Crippen molar-refractivity contribution in [2.24, 2.45) is 11.8 Å². The zero-order valence-corrected chi connectivity index (χ0v) is 14.7. The van der Waals surface area contributed by atoms with Gasteiger partial charge in [-0.25, -0.2) is 10.3 Å². The molecule has 0 aliphatic heterocycles. The van der Waals surface area contributed by atoms with E-state index in [1.54, 1.807) is 6.20 Å². The van der Waals surface area contributed by atoms with E-state index in [1.165, 1.54) is 5.48 Å². The van der Waals surface area contributed by atoms with Gasteiger partial charge in [0.1, 0.15) is 12.0 Å². The number of nitrogens with one attached hydrogen (secondary N) is 3. The number of amides is 2.